The Labute approximate surface area is 115 Å². The number of esters is 1. The van der Waals surface area contributed by atoms with Gasteiger partial charge in [-0.05, 0) is 19.3 Å². The van der Waals surface area contributed by atoms with Crippen LogP contribution in [0.15, 0.2) is 0 Å². The standard InChI is InChI=1S/C11H22O6PS/c1-5-16-11(12)10(6-9(2)3)7-18(13)8-17-19(4,14)15/h9-10H,5-8H2,1-4H3/q+1. The minimum absolute atomic E-state index is 0.0852. The molecule has 0 spiro atoms. The van der Waals surface area contributed by atoms with Crippen LogP contribution in [0.3, 0.4) is 0 Å². The van der Waals surface area contributed by atoms with E-state index in [4.69, 9.17) is 4.74 Å². The van der Waals surface area contributed by atoms with E-state index in [2.05, 4.69) is 4.18 Å². The van der Waals surface area contributed by atoms with Crippen LogP contribution >= 0.6 is 7.80 Å². The van der Waals surface area contributed by atoms with Crippen molar-refractivity contribution < 1.29 is 26.7 Å². The van der Waals surface area contributed by atoms with E-state index >= 15 is 0 Å². The lowest BCUT2D eigenvalue weighted by Gasteiger charge is -2.13. The largest absolute Gasteiger partial charge is 0.466 e. The molecule has 0 aromatic heterocycles. The Morgan fingerprint density at radius 3 is 2.32 bits per heavy atom. The van der Waals surface area contributed by atoms with E-state index in [1.54, 1.807) is 6.92 Å². The van der Waals surface area contributed by atoms with Gasteiger partial charge in [0.1, 0.15) is 5.92 Å². The van der Waals surface area contributed by atoms with E-state index in [1.807, 2.05) is 13.8 Å². The Hall–Kier alpha value is -0.520. The van der Waals surface area contributed by atoms with Crippen molar-refractivity contribution >= 4 is 23.9 Å². The normalized spacial score (nSPS) is 14.3. The summed E-state index contributed by atoms with van der Waals surface area (Å²) in [5.74, 6) is -0.612. The predicted molar refractivity (Wildman–Crippen MR) is 72.8 cm³/mol. The lowest BCUT2D eigenvalue weighted by Crippen LogP contribution is -2.22. The van der Waals surface area contributed by atoms with Gasteiger partial charge in [-0.1, -0.05) is 18.4 Å². The average molecular weight is 313 g/mol. The maximum atomic E-state index is 11.7. The van der Waals surface area contributed by atoms with Crippen molar-refractivity contribution in [3.63, 3.8) is 0 Å². The molecule has 0 bridgehead atoms. The Bertz CT molecular complexity index is 403. The molecule has 0 fully saturated rings. The molecule has 0 rings (SSSR count). The summed E-state index contributed by atoms with van der Waals surface area (Å²) >= 11 is 0. The first-order valence-electron chi connectivity index (χ1n) is 6.08. The van der Waals surface area contributed by atoms with Gasteiger partial charge >= 0.3 is 13.8 Å². The van der Waals surface area contributed by atoms with Crippen molar-refractivity contribution in [3.8, 4) is 0 Å². The molecule has 0 radical (unpaired) electrons. The van der Waals surface area contributed by atoms with E-state index in [0.717, 1.165) is 6.26 Å². The lowest BCUT2D eigenvalue weighted by atomic mass is 9.99. The van der Waals surface area contributed by atoms with Gasteiger partial charge in [0.15, 0.2) is 6.16 Å². The van der Waals surface area contributed by atoms with Crippen LogP contribution in [0.25, 0.3) is 0 Å². The van der Waals surface area contributed by atoms with E-state index in [-0.39, 0.29) is 31.0 Å². The van der Waals surface area contributed by atoms with Crippen LogP contribution in [-0.4, -0.2) is 39.8 Å². The van der Waals surface area contributed by atoms with Gasteiger partial charge in [0.05, 0.1) is 12.9 Å². The molecule has 0 aliphatic carbocycles. The molecule has 0 heterocycles. The smallest absolute Gasteiger partial charge is 0.369 e. The van der Waals surface area contributed by atoms with Crippen molar-refractivity contribution in [2.45, 2.75) is 27.2 Å². The van der Waals surface area contributed by atoms with Gasteiger partial charge in [0, 0.05) is 0 Å². The minimum atomic E-state index is -3.61. The predicted octanol–water partition coefficient (Wildman–Crippen LogP) is 1.97. The summed E-state index contributed by atoms with van der Waals surface area (Å²) in [5, 5.41) is 0. The van der Waals surface area contributed by atoms with Crippen LogP contribution < -0.4 is 0 Å². The summed E-state index contributed by atoms with van der Waals surface area (Å²) in [6, 6.07) is 0. The third kappa shape index (κ3) is 9.99. The summed E-state index contributed by atoms with van der Waals surface area (Å²) in [6.45, 7) is 5.87. The molecule has 2 atom stereocenters. The second-order valence-electron chi connectivity index (χ2n) is 4.69. The first-order chi connectivity index (χ1) is 8.65. The molecule has 112 valence electrons. The maximum Gasteiger partial charge on any atom is 0.369 e. The van der Waals surface area contributed by atoms with Gasteiger partial charge in [0.25, 0.3) is 16.5 Å². The first-order valence-corrected chi connectivity index (χ1v) is 9.53. The fourth-order valence-electron chi connectivity index (χ4n) is 1.53. The first kappa shape index (κ1) is 18.5. The zero-order chi connectivity index (χ0) is 15.1. The monoisotopic (exact) mass is 313 g/mol. The van der Waals surface area contributed by atoms with Gasteiger partial charge in [-0.15, -0.1) is 0 Å². The van der Waals surface area contributed by atoms with E-state index in [0.29, 0.717) is 6.42 Å². The highest BCUT2D eigenvalue weighted by atomic mass is 32.2. The van der Waals surface area contributed by atoms with E-state index in [9.17, 15) is 17.8 Å². The zero-order valence-corrected chi connectivity index (χ0v) is 13.5. The highest BCUT2D eigenvalue weighted by molar-refractivity contribution is 7.86. The van der Waals surface area contributed by atoms with Crippen molar-refractivity contribution in [1.82, 2.24) is 0 Å². The van der Waals surface area contributed by atoms with Gasteiger partial charge in [-0.2, -0.15) is 8.42 Å². The summed E-state index contributed by atoms with van der Waals surface area (Å²) in [5.41, 5.74) is 0. The van der Waals surface area contributed by atoms with Crippen LogP contribution in [0.4, 0.5) is 0 Å². The number of ether oxygens (including phenoxy) is 1. The molecular formula is C11H22O6PS+. The molecule has 0 aromatic carbocycles. The second kappa shape index (κ2) is 8.61. The van der Waals surface area contributed by atoms with Crippen LogP contribution in [-0.2, 0) is 28.4 Å². The lowest BCUT2D eigenvalue weighted by molar-refractivity contribution is -0.147. The maximum absolute atomic E-state index is 11.7. The Kier molecular flexibility index (Phi) is 8.38. The molecule has 0 aliphatic rings. The highest BCUT2D eigenvalue weighted by Crippen LogP contribution is 2.28. The molecular weight excluding hydrogens is 291 g/mol. The fraction of sp³-hybridized carbons (Fsp3) is 0.909. The van der Waals surface area contributed by atoms with Crippen molar-refractivity contribution in [2.24, 2.45) is 11.8 Å². The Balaban J connectivity index is 4.46. The van der Waals surface area contributed by atoms with Gasteiger partial charge in [0.2, 0.25) is 0 Å². The molecule has 19 heavy (non-hydrogen) atoms. The third-order valence-electron chi connectivity index (χ3n) is 2.21. The van der Waals surface area contributed by atoms with Crippen molar-refractivity contribution in [3.05, 3.63) is 0 Å². The van der Waals surface area contributed by atoms with Crippen LogP contribution in [0.5, 0.6) is 0 Å². The molecule has 6 nitrogen and oxygen atoms in total. The van der Waals surface area contributed by atoms with Crippen LogP contribution in [0, 0.1) is 11.8 Å². The minimum Gasteiger partial charge on any atom is -0.466 e. The zero-order valence-electron chi connectivity index (χ0n) is 11.8. The SMILES string of the molecule is CCOC(=O)C(CC(C)C)C[P+](=O)COS(C)(=O)=O. The molecule has 0 N–H and O–H groups in total. The molecule has 8 heteroatoms. The van der Waals surface area contributed by atoms with Crippen LogP contribution in [0.1, 0.15) is 27.2 Å². The third-order valence-corrected chi connectivity index (χ3v) is 4.20. The second-order valence-corrected chi connectivity index (χ2v) is 7.92. The van der Waals surface area contributed by atoms with Crippen molar-refractivity contribution in [1.29, 1.82) is 0 Å². The topological polar surface area (TPSA) is 86.7 Å². The van der Waals surface area contributed by atoms with Gasteiger partial charge < -0.3 is 4.74 Å². The summed E-state index contributed by atoms with van der Waals surface area (Å²) < 4.78 is 42.7. The van der Waals surface area contributed by atoms with Gasteiger partial charge in [-0.3, -0.25) is 4.79 Å². The highest BCUT2D eigenvalue weighted by Gasteiger charge is 2.31. The van der Waals surface area contributed by atoms with E-state index in [1.165, 1.54) is 0 Å². The van der Waals surface area contributed by atoms with Gasteiger partial charge in [-0.25, -0.2) is 4.18 Å². The van der Waals surface area contributed by atoms with Crippen LogP contribution in [0.2, 0.25) is 0 Å². The molecule has 0 aromatic rings. The average Bonchev–Trinajstić information content (AvgIpc) is 2.24. The molecule has 2 unspecified atom stereocenters. The summed E-state index contributed by atoms with van der Waals surface area (Å²) in [4.78, 5) is 11.7. The van der Waals surface area contributed by atoms with Crippen molar-refractivity contribution in [2.75, 3.05) is 25.4 Å². The quantitative estimate of drug-likeness (QED) is 0.367. The Morgan fingerprint density at radius 2 is 1.89 bits per heavy atom. The van der Waals surface area contributed by atoms with E-state index < -0.39 is 23.8 Å². The molecule has 0 amide bonds. The molecule has 0 saturated carbocycles. The number of carbonyl (C=O) groups excluding carboxylic acids is 1. The Morgan fingerprint density at radius 1 is 1.32 bits per heavy atom. The number of hydrogen-bond acceptors (Lipinski definition) is 6. The summed E-state index contributed by atoms with van der Waals surface area (Å²) in [6.07, 6.45) is 1.15. The molecule has 0 saturated heterocycles. The number of hydrogen-bond donors (Lipinski definition) is 0. The number of carbonyl (C=O) groups is 1. The number of rotatable bonds is 9. The molecule has 0 aliphatic heterocycles. The summed E-state index contributed by atoms with van der Waals surface area (Å²) in [7, 11) is -5.52. The fourth-order valence-corrected chi connectivity index (χ4v) is 3.66.